The summed E-state index contributed by atoms with van der Waals surface area (Å²) in [6, 6.07) is 15.9. The van der Waals surface area contributed by atoms with Gasteiger partial charge in [0.25, 0.3) is 5.91 Å². The van der Waals surface area contributed by atoms with E-state index in [4.69, 9.17) is 23.2 Å². The maximum absolute atomic E-state index is 13.9. The predicted octanol–water partition coefficient (Wildman–Crippen LogP) is 5.36. The van der Waals surface area contributed by atoms with Gasteiger partial charge in [0.15, 0.2) is 22.8 Å². The highest BCUT2D eigenvalue weighted by Crippen LogP contribution is 2.35. The Balaban J connectivity index is 1.37. The normalized spacial score (nSPS) is 14.7. The van der Waals surface area contributed by atoms with Crippen molar-refractivity contribution in [3.05, 3.63) is 87.7 Å². The van der Waals surface area contributed by atoms with Crippen LogP contribution in [0, 0.1) is 0 Å². The van der Waals surface area contributed by atoms with Crippen LogP contribution < -0.4 is 0 Å². The first-order valence-electron chi connectivity index (χ1n) is 11.6. The first-order chi connectivity index (χ1) is 18.1. The molecule has 2 aromatic heterocycles. The van der Waals surface area contributed by atoms with Gasteiger partial charge in [0.2, 0.25) is 0 Å². The molecule has 1 saturated heterocycles. The van der Waals surface area contributed by atoms with Crippen LogP contribution in [0.2, 0.25) is 10.0 Å². The molecule has 0 bridgehead atoms. The standard InChI is InChI=1S/C26H20Cl2F3N5O2/c27-18-8-6-16(7-9-18)19-14-21(26(29,30)31)36-24(32-19)22(28)23(33-36)20(37)15-34-10-12-35(13-11-34)25(38)17-4-2-1-3-5-17/h1-9,14H,10-13,15H2. The van der Waals surface area contributed by atoms with E-state index in [9.17, 15) is 22.8 Å². The van der Waals surface area contributed by atoms with Crippen molar-refractivity contribution in [2.75, 3.05) is 32.7 Å². The van der Waals surface area contributed by atoms with Gasteiger partial charge in [-0.2, -0.15) is 18.3 Å². The van der Waals surface area contributed by atoms with Crippen LogP contribution in [0.15, 0.2) is 60.7 Å². The van der Waals surface area contributed by atoms with Gasteiger partial charge < -0.3 is 4.90 Å². The first kappa shape index (κ1) is 26.1. The maximum atomic E-state index is 13.9. The molecule has 1 fully saturated rings. The molecule has 0 N–H and O–H groups in total. The molecule has 12 heteroatoms. The van der Waals surface area contributed by atoms with Crippen LogP contribution in [-0.2, 0) is 6.18 Å². The lowest BCUT2D eigenvalue weighted by Crippen LogP contribution is -2.49. The number of ketones is 1. The summed E-state index contributed by atoms with van der Waals surface area (Å²) in [4.78, 5) is 33.5. The van der Waals surface area contributed by atoms with E-state index >= 15 is 0 Å². The number of carbonyl (C=O) groups is 2. The number of nitrogens with zero attached hydrogens (tertiary/aromatic N) is 5. The van der Waals surface area contributed by atoms with E-state index in [0.29, 0.717) is 46.8 Å². The average Bonchev–Trinajstić information content (AvgIpc) is 3.25. The third-order valence-corrected chi connectivity index (χ3v) is 6.87. The van der Waals surface area contributed by atoms with Crippen LogP contribution in [-0.4, -0.2) is 68.8 Å². The second kappa shape index (κ2) is 10.4. The highest BCUT2D eigenvalue weighted by atomic mass is 35.5. The smallest absolute Gasteiger partial charge is 0.336 e. The van der Waals surface area contributed by atoms with Crippen LogP contribution >= 0.6 is 23.2 Å². The summed E-state index contributed by atoms with van der Waals surface area (Å²) >= 11 is 12.3. The van der Waals surface area contributed by atoms with Gasteiger partial charge in [-0.1, -0.05) is 53.5 Å². The Morgan fingerprint density at radius 2 is 1.58 bits per heavy atom. The molecule has 1 amide bonds. The zero-order valence-corrected chi connectivity index (χ0v) is 21.3. The minimum absolute atomic E-state index is 0.0153. The second-order valence-corrected chi connectivity index (χ2v) is 9.60. The van der Waals surface area contributed by atoms with E-state index in [1.54, 1.807) is 41.3 Å². The fourth-order valence-electron chi connectivity index (χ4n) is 4.29. The lowest BCUT2D eigenvalue weighted by Gasteiger charge is -2.34. The lowest BCUT2D eigenvalue weighted by atomic mass is 10.1. The van der Waals surface area contributed by atoms with Gasteiger partial charge >= 0.3 is 6.18 Å². The number of aromatic nitrogens is 3. The molecule has 2 aromatic carbocycles. The highest BCUT2D eigenvalue weighted by molar-refractivity contribution is 6.36. The topological polar surface area (TPSA) is 70.8 Å². The van der Waals surface area contributed by atoms with Crippen molar-refractivity contribution in [2.24, 2.45) is 0 Å². The monoisotopic (exact) mass is 561 g/mol. The van der Waals surface area contributed by atoms with Gasteiger partial charge in [0.05, 0.1) is 12.2 Å². The van der Waals surface area contributed by atoms with Gasteiger partial charge in [-0.15, -0.1) is 0 Å². The predicted molar refractivity (Wildman–Crippen MR) is 137 cm³/mol. The molecule has 0 radical (unpaired) electrons. The number of piperazine rings is 1. The molecule has 5 rings (SSSR count). The number of fused-ring (bicyclic) bond motifs is 1. The Morgan fingerprint density at radius 3 is 2.21 bits per heavy atom. The highest BCUT2D eigenvalue weighted by Gasteiger charge is 2.37. The largest absolute Gasteiger partial charge is 0.433 e. The van der Waals surface area contributed by atoms with E-state index in [-0.39, 0.29) is 34.5 Å². The quantitative estimate of drug-likeness (QED) is 0.307. The van der Waals surface area contributed by atoms with Crippen molar-refractivity contribution in [3.63, 3.8) is 0 Å². The summed E-state index contributed by atoms with van der Waals surface area (Å²) in [7, 11) is 0. The molecular weight excluding hydrogens is 542 g/mol. The third kappa shape index (κ3) is 5.24. The molecule has 196 valence electrons. The lowest BCUT2D eigenvalue weighted by molar-refractivity contribution is -0.142. The van der Waals surface area contributed by atoms with Crippen LogP contribution in [0.3, 0.4) is 0 Å². The Labute approximate surface area is 225 Å². The zero-order valence-electron chi connectivity index (χ0n) is 19.8. The van der Waals surface area contributed by atoms with E-state index in [1.807, 2.05) is 11.0 Å². The SMILES string of the molecule is O=C(CN1CCN(C(=O)c2ccccc2)CC1)c1nn2c(C(F)(F)F)cc(-c3ccc(Cl)cc3)nc2c1Cl. The molecule has 1 aliphatic heterocycles. The van der Waals surface area contributed by atoms with Gasteiger partial charge in [0, 0.05) is 42.3 Å². The Hall–Kier alpha value is -3.47. The van der Waals surface area contributed by atoms with E-state index < -0.39 is 17.7 Å². The average molecular weight is 562 g/mol. The van der Waals surface area contributed by atoms with Crippen molar-refractivity contribution >= 4 is 40.5 Å². The van der Waals surface area contributed by atoms with E-state index in [2.05, 4.69) is 10.1 Å². The van der Waals surface area contributed by atoms with Gasteiger partial charge in [-0.3, -0.25) is 14.5 Å². The Kier molecular flexibility index (Phi) is 7.13. The number of amides is 1. The molecule has 0 spiro atoms. The van der Waals surface area contributed by atoms with E-state index in [0.717, 1.165) is 6.07 Å². The zero-order chi connectivity index (χ0) is 27.0. The number of hydrogen-bond acceptors (Lipinski definition) is 5. The van der Waals surface area contributed by atoms with Crippen LogP contribution in [0.1, 0.15) is 26.5 Å². The van der Waals surface area contributed by atoms with Gasteiger partial charge in [-0.25, -0.2) is 9.50 Å². The van der Waals surface area contributed by atoms with Gasteiger partial charge in [-0.05, 0) is 30.3 Å². The molecule has 3 heterocycles. The van der Waals surface area contributed by atoms with Crippen LogP contribution in [0.5, 0.6) is 0 Å². The summed E-state index contributed by atoms with van der Waals surface area (Å²) in [6.07, 6.45) is -4.78. The molecule has 0 unspecified atom stereocenters. The summed E-state index contributed by atoms with van der Waals surface area (Å²) in [6.45, 7) is 1.54. The molecule has 38 heavy (non-hydrogen) atoms. The summed E-state index contributed by atoms with van der Waals surface area (Å²) in [5, 5.41) is 4.08. The number of benzene rings is 2. The van der Waals surface area contributed by atoms with Crippen molar-refractivity contribution in [2.45, 2.75) is 6.18 Å². The van der Waals surface area contributed by atoms with Crippen molar-refractivity contribution in [3.8, 4) is 11.3 Å². The minimum Gasteiger partial charge on any atom is -0.336 e. The molecule has 0 aliphatic carbocycles. The van der Waals surface area contributed by atoms with Crippen molar-refractivity contribution in [1.82, 2.24) is 24.4 Å². The van der Waals surface area contributed by atoms with Crippen LogP contribution in [0.4, 0.5) is 13.2 Å². The maximum Gasteiger partial charge on any atom is 0.433 e. The molecule has 4 aromatic rings. The molecule has 1 aliphatic rings. The Bertz CT molecular complexity index is 1500. The first-order valence-corrected chi connectivity index (χ1v) is 12.4. The van der Waals surface area contributed by atoms with Crippen molar-refractivity contribution < 1.29 is 22.8 Å². The number of alkyl halides is 3. The fraction of sp³-hybridized carbons (Fsp3) is 0.231. The molecule has 0 atom stereocenters. The molecule has 7 nitrogen and oxygen atoms in total. The minimum atomic E-state index is -4.78. The second-order valence-electron chi connectivity index (χ2n) is 8.79. The number of hydrogen-bond donors (Lipinski definition) is 0. The Morgan fingerprint density at radius 1 is 0.921 bits per heavy atom. The summed E-state index contributed by atoms with van der Waals surface area (Å²) in [5.74, 6) is -0.633. The number of Topliss-reactive ketones (excluding diaryl/α,β-unsaturated/α-hetero) is 1. The fourth-order valence-corrected chi connectivity index (χ4v) is 4.68. The molecular formula is C26H20Cl2F3N5O2. The summed E-state index contributed by atoms with van der Waals surface area (Å²) < 4.78 is 42.4. The van der Waals surface area contributed by atoms with Crippen LogP contribution in [0.25, 0.3) is 16.9 Å². The number of halogens is 5. The van der Waals surface area contributed by atoms with E-state index in [1.165, 1.54) is 12.1 Å². The number of carbonyl (C=O) groups excluding carboxylic acids is 2. The van der Waals surface area contributed by atoms with Crippen molar-refractivity contribution in [1.29, 1.82) is 0 Å². The third-order valence-electron chi connectivity index (χ3n) is 6.27. The number of rotatable bonds is 5. The summed E-state index contributed by atoms with van der Waals surface area (Å²) in [5.41, 5.74) is -0.674. The molecule has 0 saturated carbocycles. The van der Waals surface area contributed by atoms with Gasteiger partial charge in [0.1, 0.15) is 5.02 Å².